The highest BCUT2D eigenvalue weighted by atomic mass is 32.2. The van der Waals surface area contributed by atoms with E-state index in [4.69, 9.17) is 0 Å². The summed E-state index contributed by atoms with van der Waals surface area (Å²) in [5.74, 6) is 0. The minimum atomic E-state index is -3.93. The maximum Gasteiger partial charge on any atom is 0.273 e. The van der Waals surface area contributed by atoms with Crippen molar-refractivity contribution in [3.63, 3.8) is 0 Å². The molecule has 0 fully saturated rings. The van der Waals surface area contributed by atoms with Gasteiger partial charge in [-0.3, -0.25) is 14.4 Å². The highest BCUT2D eigenvalue weighted by molar-refractivity contribution is 7.92. The number of fused-ring (bicyclic) bond motifs is 1. The van der Waals surface area contributed by atoms with Gasteiger partial charge in [0.15, 0.2) is 0 Å². The Balaban J connectivity index is 2.17. The lowest BCUT2D eigenvalue weighted by Crippen LogP contribution is -2.39. The van der Waals surface area contributed by atoms with Crippen molar-refractivity contribution in [1.82, 2.24) is 5.32 Å². The lowest BCUT2D eigenvalue weighted by atomic mass is 10.2. The fourth-order valence-electron chi connectivity index (χ4n) is 3.03. The van der Waals surface area contributed by atoms with Gasteiger partial charge in [0.25, 0.3) is 15.7 Å². The molecule has 0 bridgehead atoms. The van der Waals surface area contributed by atoms with E-state index >= 15 is 0 Å². The van der Waals surface area contributed by atoms with Crippen LogP contribution in [0.1, 0.15) is 18.1 Å². The molecule has 1 aliphatic heterocycles. The third-order valence-corrected chi connectivity index (χ3v) is 6.29. The van der Waals surface area contributed by atoms with Crippen LogP contribution in [-0.4, -0.2) is 25.9 Å². The molecule has 8 heteroatoms. The Hall–Kier alpha value is -2.45. The number of benzene rings is 2. The summed E-state index contributed by atoms with van der Waals surface area (Å²) < 4.78 is 28.0. The van der Waals surface area contributed by atoms with Gasteiger partial charge in [-0.2, -0.15) is 0 Å². The first-order valence-electron chi connectivity index (χ1n) is 7.90. The number of sulfonamides is 1. The Morgan fingerprint density at radius 1 is 1.20 bits per heavy atom. The van der Waals surface area contributed by atoms with Crippen LogP contribution in [0.15, 0.2) is 47.4 Å². The summed E-state index contributed by atoms with van der Waals surface area (Å²) in [6.07, 6.45) is 0. The molecule has 0 spiro atoms. The van der Waals surface area contributed by atoms with E-state index in [1.807, 2.05) is 19.1 Å². The molecule has 1 N–H and O–H groups in total. The van der Waals surface area contributed by atoms with E-state index < -0.39 is 14.9 Å². The van der Waals surface area contributed by atoms with Crippen molar-refractivity contribution >= 4 is 21.4 Å². The van der Waals surface area contributed by atoms with Crippen molar-refractivity contribution in [2.45, 2.75) is 31.3 Å². The van der Waals surface area contributed by atoms with Crippen LogP contribution in [0, 0.1) is 17.0 Å². The van der Waals surface area contributed by atoms with Gasteiger partial charge in [0, 0.05) is 30.8 Å². The predicted octanol–water partition coefficient (Wildman–Crippen LogP) is 2.59. The second-order valence-electron chi connectivity index (χ2n) is 6.10. The largest absolute Gasteiger partial charge is 0.308 e. The minimum Gasteiger partial charge on any atom is -0.308 e. The molecule has 3 rings (SSSR count). The fraction of sp³-hybridized carbons (Fsp3) is 0.294. The van der Waals surface area contributed by atoms with E-state index in [1.54, 1.807) is 12.1 Å². The van der Waals surface area contributed by atoms with Crippen LogP contribution in [0.4, 0.5) is 11.4 Å². The molecule has 1 aliphatic rings. The molecular weight excluding hydrogens is 342 g/mol. The topological polar surface area (TPSA) is 92.5 Å². The van der Waals surface area contributed by atoms with Crippen LogP contribution in [0.25, 0.3) is 0 Å². The van der Waals surface area contributed by atoms with Gasteiger partial charge < -0.3 is 5.32 Å². The van der Waals surface area contributed by atoms with E-state index in [1.165, 1.54) is 29.4 Å². The van der Waals surface area contributed by atoms with Gasteiger partial charge in [-0.15, -0.1) is 0 Å². The monoisotopic (exact) mass is 361 g/mol. The quantitative estimate of drug-likeness (QED) is 0.670. The zero-order valence-corrected chi connectivity index (χ0v) is 14.8. The van der Waals surface area contributed by atoms with Crippen LogP contribution in [-0.2, 0) is 16.6 Å². The second kappa shape index (κ2) is 6.45. The number of nitro groups is 1. The highest BCUT2D eigenvalue weighted by Crippen LogP contribution is 2.32. The summed E-state index contributed by atoms with van der Waals surface area (Å²) in [7, 11) is -3.93. The first kappa shape index (κ1) is 17.4. The van der Waals surface area contributed by atoms with Gasteiger partial charge >= 0.3 is 0 Å². The lowest BCUT2D eigenvalue weighted by Gasteiger charge is -2.26. The molecule has 0 saturated carbocycles. The van der Waals surface area contributed by atoms with Gasteiger partial charge in [0.2, 0.25) is 0 Å². The van der Waals surface area contributed by atoms with Gasteiger partial charge in [-0.1, -0.05) is 24.3 Å². The number of hydrogen-bond donors (Lipinski definition) is 1. The standard InChI is InChI=1S/C17H19N3O4S/c1-12-11-19(16-7-4-3-6-14(16)10-18-12)25(23,24)17-9-5-8-15(13(17)2)20(21)22/h3-9,12,18H,10-11H2,1-2H3. The third kappa shape index (κ3) is 3.10. The average molecular weight is 361 g/mol. The van der Waals surface area contributed by atoms with Crippen molar-refractivity contribution < 1.29 is 13.3 Å². The first-order valence-corrected chi connectivity index (χ1v) is 9.34. The molecule has 25 heavy (non-hydrogen) atoms. The van der Waals surface area contributed by atoms with E-state index in [9.17, 15) is 18.5 Å². The van der Waals surface area contributed by atoms with Gasteiger partial charge in [-0.05, 0) is 31.5 Å². The normalized spacial score (nSPS) is 17.7. The number of nitrogens with one attached hydrogen (secondary N) is 1. The number of hydrogen-bond acceptors (Lipinski definition) is 5. The summed E-state index contributed by atoms with van der Waals surface area (Å²) in [6, 6.07) is 11.4. The molecular formula is C17H19N3O4S. The van der Waals surface area contributed by atoms with E-state index in [2.05, 4.69) is 5.32 Å². The highest BCUT2D eigenvalue weighted by Gasteiger charge is 2.32. The Morgan fingerprint density at radius 2 is 1.92 bits per heavy atom. The van der Waals surface area contributed by atoms with Crippen molar-refractivity contribution in [2.75, 3.05) is 10.8 Å². The maximum absolute atomic E-state index is 13.3. The van der Waals surface area contributed by atoms with Crippen LogP contribution in [0.3, 0.4) is 0 Å². The zero-order chi connectivity index (χ0) is 18.2. The van der Waals surface area contributed by atoms with Crippen LogP contribution in [0.5, 0.6) is 0 Å². The molecule has 0 aromatic heterocycles. The van der Waals surface area contributed by atoms with E-state index in [0.717, 1.165) is 5.56 Å². The Bertz CT molecular complexity index is 927. The third-order valence-electron chi connectivity index (χ3n) is 4.36. The smallest absolute Gasteiger partial charge is 0.273 e. The van der Waals surface area contributed by atoms with Crippen LogP contribution < -0.4 is 9.62 Å². The zero-order valence-electron chi connectivity index (χ0n) is 14.0. The molecule has 0 aliphatic carbocycles. The number of para-hydroxylation sites is 1. The summed E-state index contributed by atoms with van der Waals surface area (Å²) >= 11 is 0. The van der Waals surface area contributed by atoms with Crippen LogP contribution in [0.2, 0.25) is 0 Å². The maximum atomic E-state index is 13.3. The summed E-state index contributed by atoms with van der Waals surface area (Å²) in [6.45, 7) is 4.20. The molecule has 2 aromatic rings. The summed E-state index contributed by atoms with van der Waals surface area (Å²) in [5, 5.41) is 14.5. The predicted molar refractivity (Wildman–Crippen MR) is 95.1 cm³/mol. The average Bonchev–Trinajstić information content (AvgIpc) is 2.74. The SMILES string of the molecule is Cc1c([N+](=O)[O-])cccc1S(=O)(=O)N1CC(C)NCc2ccccc21. The van der Waals surface area contributed by atoms with Crippen molar-refractivity contribution in [3.05, 3.63) is 63.7 Å². The Labute approximate surface area is 146 Å². The molecule has 0 amide bonds. The van der Waals surface area contributed by atoms with Crippen molar-refractivity contribution in [3.8, 4) is 0 Å². The number of rotatable bonds is 3. The Kier molecular flexibility index (Phi) is 4.49. The Morgan fingerprint density at radius 3 is 2.64 bits per heavy atom. The van der Waals surface area contributed by atoms with Crippen LogP contribution >= 0.6 is 0 Å². The van der Waals surface area contributed by atoms with Gasteiger partial charge in [-0.25, -0.2) is 8.42 Å². The van der Waals surface area contributed by atoms with Gasteiger partial charge in [0.1, 0.15) is 0 Å². The van der Waals surface area contributed by atoms with E-state index in [-0.39, 0.29) is 28.7 Å². The molecule has 132 valence electrons. The van der Waals surface area contributed by atoms with E-state index in [0.29, 0.717) is 12.2 Å². The van der Waals surface area contributed by atoms with Crippen molar-refractivity contribution in [2.24, 2.45) is 0 Å². The van der Waals surface area contributed by atoms with Crippen molar-refractivity contribution in [1.29, 1.82) is 0 Å². The number of nitro benzene ring substituents is 1. The molecule has 1 unspecified atom stereocenters. The molecule has 2 aromatic carbocycles. The summed E-state index contributed by atoms with van der Waals surface area (Å²) in [4.78, 5) is 10.6. The summed E-state index contributed by atoms with van der Waals surface area (Å²) in [5.41, 5.74) is 1.42. The minimum absolute atomic E-state index is 0.0365. The molecule has 7 nitrogen and oxygen atoms in total. The second-order valence-corrected chi connectivity index (χ2v) is 7.93. The van der Waals surface area contributed by atoms with Gasteiger partial charge in [0.05, 0.1) is 15.5 Å². The molecule has 0 saturated heterocycles. The molecule has 0 radical (unpaired) electrons. The number of nitrogens with zero attached hydrogens (tertiary/aromatic N) is 2. The number of anilines is 1. The molecule has 1 atom stereocenters. The molecule has 1 heterocycles. The lowest BCUT2D eigenvalue weighted by molar-refractivity contribution is -0.385. The first-order chi connectivity index (χ1) is 11.8. The fourth-order valence-corrected chi connectivity index (χ4v) is 4.86.